The van der Waals surface area contributed by atoms with Gasteiger partial charge < -0.3 is 0 Å². The summed E-state index contributed by atoms with van der Waals surface area (Å²) in [6, 6.07) is 1.97. The van der Waals surface area contributed by atoms with Crippen LogP contribution in [0.1, 0.15) is 11.3 Å². The van der Waals surface area contributed by atoms with E-state index in [1.54, 1.807) is 15.6 Å². The number of rotatable bonds is 2. The van der Waals surface area contributed by atoms with Crippen molar-refractivity contribution in [2.75, 3.05) is 12.3 Å². The van der Waals surface area contributed by atoms with Crippen molar-refractivity contribution in [3.05, 3.63) is 20.8 Å². The van der Waals surface area contributed by atoms with Gasteiger partial charge in [-0.15, -0.1) is 11.3 Å². The van der Waals surface area contributed by atoms with Gasteiger partial charge in [-0.1, -0.05) is 0 Å². The summed E-state index contributed by atoms with van der Waals surface area (Å²) in [4.78, 5) is 1.09. The second-order valence-corrected chi connectivity index (χ2v) is 7.23. The van der Waals surface area contributed by atoms with E-state index in [0.717, 1.165) is 15.8 Å². The molecule has 0 amide bonds. The molecule has 0 saturated carbocycles. The lowest BCUT2D eigenvalue weighted by molar-refractivity contribution is 0.443. The number of hydrogen-bond donors (Lipinski definition) is 0. The molecular formula is C8H10BrNO2S2. The first-order valence-corrected chi connectivity index (χ1v) is 7.57. The third kappa shape index (κ3) is 2.18. The van der Waals surface area contributed by atoms with Crippen molar-refractivity contribution in [3.8, 4) is 0 Å². The monoisotopic (exact) mass is 295 g/mol. The minimum atomic E-state index is -2.95. The van der Waals surface area contributed by atoms with E-state index in [1.165, 1.54) is 0 Å². The summed E-state index contributed by atoms with van der Waals surface area (Å²) in [6.45, 7) is 1.19. The van der Waals surface area contributed by atoms with E-state index in [9.17, 15) is 8.42 Å². The molecule has 1 aromatic rings. The number of nitrogens with zero attached hydrogens (tertiary/aromatic N) is 1. The largest absolute Gasteiger partial charge is 0.214 e. The second-order valence-electron chi connectivity index (χ2n) is 3.23. The average molecular weight is 296 g/mol. The van der Waals surface area contributed by atoms with Crippen LogP contribution in [0, 0.1) is 0 Å². The summed E-state index contributed by atoms with van der Waals surface area (Å²) in [5, 5.41) is 1.97. The van der Waals surface area contributed by atoms with E-state index in [4.69, 9.17) is 0 Å². The Balaban J connectivity index is 2.12. The minimum Gasteiger partial charge on any atom is -0.212 e. The van der Waals surface area contributed by atoms with Crippen LogP contribution in [-0.2, 0) is 16.6 Å². The van der Waals surface area contributed by atoms with Crippen LogP contribution < -0.4 is 0 Å². The van der Waals surface area contributed by atoms with Crippen molar-refractivity contribution < 1.29 is 8.42 Å². The molecule has 78 valence electrons. The topological polar surface area (TPSA) is 37.4 Å². The molecule has 2 rings (SSSR count). The predicted molar refractivity (Wildman–Crippen MR) is 60.8 cm³/mol. The molecule has 2 heterocycles. The van der Waals surface area contributed by atoms with Gasteiger partial charge in [0.05, 0.1) is 5.75 Å². The van der Waals surface area contributed by atoms with Crippen molar-refractivity contribution in [1.82, 2.24) is 4.31 Å². The van der Waals surface area contributed by atoms with Crippen LogP contribution in [0.15, 0.2) is 15.9 Å². The molecule has 14 heavy (non-hydrogen) atoms. The Morgan fingerprint density at radius 1 is 1.57 bits per heavy atom. The van der Waals surface area contributed by atoms with Crippen molar-refractivity contribution >= 4 is 37.3 Å². The Morgan fingerprint density at radius 3 is 2.86 bits per heavy atom. The zero-order valence-electron chi connectivity index (χ0n) is 7.44. The third-order valence-corrected chi connectivity index (χ3v) is 5.74. The molecule has 1 fully saturated rings. The second kappa shape index (κ2) is 3.92. The smallest absolute Gasteiger partial charge is 0.212 e. The van der Waals surface area contributed by atoms with Gasteiger partial charge in [-0.25, -0.2) is 8.42 Å². The van der Waals surface area contributed by atoms with Crippen LogP contribution in [0.2, 0.25) is 0 Å². The van der Waals surface area contributed by atoms with Gasteiger partial charge in [0.15, 0.2) is 0 Å². The maximum Gasteiger partial charge on any atom is 0.214 e. The van der Waals surface area contributed by atoms with Gasteiger partial charge in [0, 0.05) is 27.8 Å². The van der Waals surface area contributed by atoms with Gasteiger partial charge in [0.25, 0.3) is 0 Å². The maximum atomic E-state index is 11.5. The van der Waals surface area contributed by atoms with Gasteiger partial charge in [0.2, 0.25) is 10.0 Å². The first kappa shape index (κ1) is 10.6. The Morgan fingerprint density at radius 2 is 2.36 bits per heavy atom. The fourth-order valence-electron chi connectivity index (χ4n) is 1.48. The average Bonchev–Trinajstić information content (AvgIpc) is 2.61. The molecule has 0 spiro atoms. The number of sulfonamides is 1. The molecule has 1 aromatic heterocycles. The van der Waals surface area contributed by atoms with Crippen molar-refractivity contribution in [2.45, 2.75) is 13.0 Å². The van der Waals surface area contributed by atoms with Gasteiger partial charge in [-0.3, -0.25) is 0 Å². The molecule has 6 heteroatoms. The van der Waals surface area contributed by atoms with E-state index < -0.39 is 10.0 Å². The van der Waals surface area contributed by atoms with Crippen LogP contribution in [0.4, 0.5) is 0 Å². The van der Waals surface area contributed by atoms with Crippen LogP contribution in [-0.4, -0.2) is 25.0 Å². The van der Waals surface area contributed by atoms with Gasteiger partial charge >= 0.3 is 0 Å². The summed E-state index contributed by atoms with van der Waals surface area (Å²) < 4.78 is 25.6. The van der Waals surface area contributed by atoms with Gasteiger partial charge in [-0.05, 0) is 28.4 Å². The lowest BCUT2D eigenvalue weighted by Gasteiger charge is -2.12. The summed E-state index contributed by atoms with van der Waals surface area (Å²) in [5.41, 5.74) is 0. The molecule has 1 aliphatic rings. The molecule has 3 nitrogen and oxygen atoms in total. The van der Waals surface area contributed by atoms with Gasteiger partial charge in [-0.2, -0.15) is 4.31 Å². The van der Waals surface area contributed by atoms with E-state index in [-0.39, 0.29) is 0 Å². The quantitative estimate of drug-likeness (QED) is 0.837. The molecule has 0 aliphatic carbocycles. The van der Waals surface area contributed by atoms with Crippen LogP contribution >= 0.6 is 27.3 Å². The van der Waals surface area contributed by atoms with E-state index in [1.807, 2.05) is 11.4 Å². The highest BCUT2D eigenvalue weighted by Crippen LogP contribution is 2.24. The lowest BCUT2D eigenvalue weighted by atomic mass is 10.4. The Kier molecular flexibility index (Phi) is 2.97. The van der Waals surface area contributed by atoms with Crippen molar-refractivity contribution in [3.63, 3.8) is 0 Å². The van der Waals surface area contributed by atoms with E-state index >= 15 is 0 Å². The van der Waals surface area contributed by atoms with Crippen LogP contribution in [0.5, 0.6) is 0 Å². The Hall–Kier alpha value is 0.0900. The van der Waals surface area contributed by atoms with Crippen LogP contribution in [0.3, 0.4) is 0 Å². The number of thiophene rings is 1. The first-order chi connectivity index (χ1) is 6.58. The van der Waals surface area contributed by atoms with E-state index in [2.05, 4.69) is 15.9 Å². The maximum absolute atomic E-state index is 11.5. The highest BCUT2D eigenvalue weighted by atomic mass is 79.9. The predicted octanol–water partition coefficient (Wildman–Crippen LogP) is 2.05. The standard InChI is InChI=1S/C8H10BrNO2S2/c9-7-4-8(13-6-7)5-10-2-1-3-14(10,11)12/h4,6H,1-3,5H2. The Bertz CT molecular complexity index is 426. The molecule has 1 aliphatic heterocycles. The SMILES string of the molecule is O=S1(=O)CCCN1Cc1cc(Br)cs1. The van der Waals surface area contributed by atoms with Gasteiger partial charge in [0.1, 0.15) is 0 Å². The molecule has 0 aromatic carbocycles. The van der Waals surface area contributed by atoms with Crippen LogP contribution in [0.25, 0.3) is 0 Å². The number of hydrogen-bond acceptors (Lipinski definition) is 3. The highest BCUT2D eigenvalue weighted by Gasteiger charge is 2.28. The normalized spacial score (nSPS) is 21.5. The molecule has 0 bridgehead atoms. The summed E-state index contributed by atoms with van der Waals surface area (Å²) in [6.07, 6.45) is 0.759. The molecule has 0 atom stereocenters. The van der Waals surface area contributed by atoms with Crippen molar-refractivity contribution in [1.29, 1.82) is 0 Å². The molecular weight excluding hydrogens is 286 g/mol. The zero-order chi connectivity index (χ0) is 10.2. The Labute approximate surface area is 95.9 Å². The highest BCUT2D eigenvalue weighted by molar-refractivity contribution is 9.10. The molecule has 1 saturated heterocycles. The number of halogens is 1. The summed E-state index contributed by atoms with van der Waals surface area (Å²) in [7, 11) is -2.95. The zero-order valence-corrected chi connectivity index (χ0v) is 10.7. The van der Waals surface area contributed by atoms with Crippen molar-refractivity contribution in [2.24, 2.45) is 0 Å². The molecule has 0 N–H and O–H groups in total. The fraction of sp³-hybridized carbons (Fsp3) is 0.500. The molecule has 0 unspecified atom stereocenters. The summed E-state index contributed by atoms with van der Waals surface area (Å²) >= 11 is 4.94. The molecule has 0 radical (unpaired) electrons. The summed E-state index contributed by atoms with van der Waals surface area (Å²) in [5.74, 6) is 0.305. The third-order valence-electron chi connectivity index (χ3n) is 2.16. The lowest BCUT2D eigenvalue weighted by Crippen LogP contribution is -2.24. The minimum absolute atomic E-state index is 0.305. The first-order valence-electron chi connectivity index (χ1n) is 4.29. The van der Waals surface area contributed by atoms with E-state index in [0.29, 0.717) is 18.8 Å². The fourth-order valence-corrected chi connectivity index (χ4v) is 4.52.